The molecule has 10 heteroatoms. The Morgan fingerprint density at radius 1 is 1.09 bits per heavy atom. The third-order valence-corrected chi connectivity index (χ3v) is 6.97. The molecule has 1 N–H and O–H groups in total. The minimum absolute atomic E-state index is 0.0928. The Kier molecular flexibility index (Phi) is 7.83. The third-order valence-electron chi connectivity index (χ3n) is 5.51. The summed E-state index contributed by atoms with van der Waals surface area (Å²) in [5.74, 6) is 0. The van der Waals surface area contributed by atoms with E-state index in [4.69, 9.17) is 0 Å². The van der Waals surface area contributed by atoms with Crippen molar-refractivity contribution in [3.8, 4) is 0 Å². The molecule has 0 unspecified atom stereocenters. The van der Waals surface area contributed by atoms with Gasteiger partial charge in [-0.25, -0.2) is 13.1 Å². The van der Waals surface area contributed by atoms with Gasteiger partial charge < -0.3 is 9.80 Å². The number of nitrogens with one attached hydrogen (secondary N) is 1. The summed E-state index contributed by atoms with van der Waals surface area (Å²) < 4.78 is 27.6. The van der Waals surface area contributed by atoms with Crippen molar-refractivity contribution in [2.75, 3.05) is 58.3 Å². The van der Waals surface area contributed by atoms with E-state index in [-0.39, 0.29) is 17.1 Å². The van der Waals surface area contributed by atoms with Gasteiger partial charge in [-0.05, 0) is 38.7 Å². The molecule has 0 aromatic heterocycles. The number of nitro groups is 1. The molecule has 174 valence electrons. The van der Waals surface area contributed by atoms with Crippen LogP contribution in [0.25, 0.3) is 0 Å². The molecule has 1 fully saturated rings. The van der Waals surface area contributed by atoms with E-state index in [1.54, 1.807) is 6.07 Å². The highest BCUT2D eigenvalue weighted by molar-refractivity contribution is 7.89. The fourth-order valence-corrected chi connectivity index (χ4v) is 4.83. The Morgan fingerprint density at radius 3 is 2.44 bits per heavy atom. The lowest BCUT2D eigenvalue weighted by atomic mass is 10.1. The summed E-state index contributed by atoms with van der Waals surface area (Å²) >= 11 is 0. The molecule has 32 heavy (non-hydrogen) atoms. The van der Waals surface area contributed by atoms with Crippen LogP contribution in [0.4, 0.5) is 11.4 Å². The van der Waals surface area contributed by atoms with E-state index in [1.165, 1.54) is 17.2 Å². The van der Waals surface area contributed by atoms with Gasteiger partial charge in [-0.2, -0.15) is 0 Å². The van der Waals surface area contributed by atoms with E-state index in [1.807, 2.05) is 23.9 Å². The lowest BCUT2D eigenvalue weighted by Crippen LogP contribution is -2.46. The van der Waals surface area contributed by atoms with Crippen LogP contribution in [0.5, 0.6) is 0 Å². The molecule has 0 saturated carbocycles. The van der Waals surface area contributed by atoms with Gasteiger partial charge in [0.2, 0.25) is 10.0 Å². The van der Waals surface area contributed by atoms with Gasteiger partial charge in [0.25, 0.3) is 5.69 Å². The topological polar surface area (TPSA) is 99.0 Å². The number of hydrogen-bond donors (Lipinski definition) is 1. The molecule has 9 nitrogen and oxygen atoms in total. The van der Waals surface area contributed by atoms with Gasteiger partial charge in [0, 0.05) is 51.9 Å². The first-order valence-electron chi connectivity index (χ1n) is 10.6. The molecule has 0 radical (unpaired) electrons. The number of sulfonamides is 1. The van der Waals surface area contributed by atoms with Gasteiger partial charge in [-0.1, -0.05) is 29.8 Å². The first kappa shape index (κ1) is 24.1. The second-order valence-corrected chi connectivity index (χ2v) is 10.1. The number of anilines is 1. The van der Waals surface area contributed by atoms with Crippen molar-refractivity contribution < 1.29 is 13.3 Å². The van der Waals surface area contributed by atoms with Crippen LogP contribution in [0.3, 0.4) is 0 Å². The number of nitrogens with zero attached hydrogens (tertiary/aromatic N) is 4. The third kappa shape index (κ3) is 6.26. The van der Waals surface area contributed by atoms with E-state index >= 15 is 0 Å². The zero-order chi connectivity index (χ0) is 23.3. The normalized spacial score (nSPS) is 15.3. The van der Waals surface area contributed by atoms with Gasteiger partial charge in [-0.15, -0.1) is 0 Å². The van der Waals surface area contributed by atoms with Crippen molar-refractivity contribution in [1.82, 2.24) is 14.5 Å². The number of aryl methyl sites for hydroxylation is 1. The molecule has 1 saturated heterocycles. The SMILES string of the molecule is Cc1cccc(CN2CCN(c3ccc(S(=O)(=O)NCCN(C)C)cc3[N+](=O)[O-])CC2)c1. The van der Waals surface area contributed by atoms with E-state index in [0.717, 1.165) is 25.7 Å². The molecular formula is C22H31N5O4S. The van der Waals surface area contributed by atoms with Gasteiger partial charge in [0.05, 0.1) is 9.82 Å². The fraction of sp³-hybridized carbons (Fsp3) is 0.455. The monoisotopic (exact) mass is 461 g/mol. The van der Waals surface area contributed by atoms with Crippen molar-refractivity contribution in [2.24, 2.45) is 0 Å². The van der Waals surface area contributed by atoms with E-state index in [2.05, 4.69) is 40.8 Å². The van der Waals surface area contributed by atoms with Crippen molar-refractivity contribution in [2.45, 2.75) is 18.4 Å². The molecule has 1 heterocycles. The molecule has 0 spiro atoms. The highest BCUT2D eigenvalue weighted by Crippen LogP contribution is 2.31. The summed E-state index contributed by atoms with van der Waals surface area (Å²) in [5.41, 5.74) is 2.74. The summed E-state index contributed by atoms with van der Waals surface area (Å²) in [6.45, 7) is 6.50. The molecule has 0 atom stereocenters. The minimum atomic E-state index is -3.81. The minimum Gasteiger partial charge on any atom is -0.363 e. The van der Waals surface area contributed by atoms with Gasteiger partial charge in [-0.3, -0.25) is 15.0 Å². The van der Waals surface area contributed by atoms with Crippen molar-refractivity contribution >= 4 is 21.4 Å². The smallest absolute Gasteiger partial charge is 0.293 e. The van der Waals surface area contributed by atoms with Gasteiger partial charge in [0.1, 0.15) is 5.69 Å². The fourth-order valence-electron chi connectivity index (χ4n) is 3.79. The number of rotatable bonds is 9. The molecule has 1 aliphatic rings. The summed E-state index contributed by atoms with van der Waals surface area (Å²) in [6.07, 6.45) is 0. The predicted molar refractivity (Wildman–Crippen MR) is 126 cm³/mol. The molecule has 3 rings (SSSR count). The Labute approximate surface area is 189 Å². The summed E-state index contributed by atoms with van der Waals surface area (Å²) in [6, 6.07) is 12.6. The first-order chi connectivity index (χ1) is 15.2. The number of piperazine rings is 1. The van der Waals surface area contributed by atoms with Crippen LogP contribution >= 0.6 is 0 Å². The Bertz CT molecular complexity index is 1050. The predicted octanol–water partition coefficient (Wildman–Crippen LogP) is 2.07. The Hall–Kier alpha value is -2.53. The molecule has 2 aromatic carbocycles. The zero-order valence-electron chi connectivity index (χ0n) is 18.8. The largest absolute Gasteiger partial charge is 0.363 e. The summed E-state index contributed by atoms with van der Waals surface area (Å²) in [5, 5.41) is 11.7. The van der Waals surface area contributed by atoms with E-state index in [0.29, 0.717) is 25.3 Å². The average Bonchev–Trinajstić information content (AvgIpc) is 2.73. The lowest BCUT2D eigenvalue weighted by molar-refractivity contribution is -0.384. The second kappa shape index (κ2) is 10.4. The number of hydrogen-bond acceptors (Lipinski definition) is 7. The number of likely N-dealkylation sites (N-methyl/N-ethyl adjacent to an activating group) is 1. The van der Waals surface area contributed by atoms with Crippen LogP contribution in [0.1, 0.15) is 11.1 Å². The summed E-state index contributed by atoms with van der Waals surface area (Å²) in [7, 11) is -0.131. The zero-order valence-corrected chi connectivity index (χ0v) is 19.6. The van der Waals surface area contributed by atoms with Crippen molar-refractivity contribution in [3.63, 3.8) is 0 Å². The van der Waals surface area contributed by atoms with Crippen LogP contribution in [-0.2, 0) is 16.6 Å². The lowest BCUT2D eigenvalue weighted by Gasteiger charge is -2.35. The Balaban J connectivity index is 1.69. The molecule has 2 aromatic rings. The van der Waals surface area contributed by atoms with Crippen LogP contribution in [-0.4, -0.2) is 76.5 Å². The first-order valence-corrected chi connectivity index (χ1v) is 12.1. The van der Waals surface area contributed by atoms with Gasteiger partial charge in [0.15, 0.2) is 0 Å². The van der Waals surface area contributed by atoms with Crippen LogP contribution in [0, 0.1) is 17.0 Å². The van der Waals surface area contributed by atoms with Gasteiger partial charge >= 0.3 is 0 Å². The molecule has 1 aliphatic heterocycles. The Morgan fingerprint density at radius 2 is 1.81 bits per heavy atom. The maximum atomic E-state index is 12.5. The molecule has 0 aliphatic carbocycles. The van der Waals surface area contributed by atoms with Crippen LogP contribution in [0.15, 0.2) is 47.4 Å². The number of nitro benzene ring substituents is 1. The van der Waals surface area contributed by atoms with E-state index in [9.17, 15) is 18.5 Å². The molecule has 0 bridgehead atoms. The van der Waals surface area contributed by atoms with Crippen LogP contribution < -0.4 is 9.62 Å². The highest BCUT2D eigenvalue weighted by Gasteiger charge is 2.26. The number of benzene rings is 2. The highest BCUT2D eigenvalue weighted by atomic mass is 32.2. The average molecular weight is 462 g/mol. The van der Waals surface area contributed by atoms with Crippen molar-refractivity contribution in [3.05, 3.63) is 63.7 Å². The maximum absolute atomic E-state index is 12.5. The second-order valence-electron chi connectivity index (χ2n) is 8.36. The molecule has 0 amide bonds. The van der Waals surface area contributed by atoms with Crippen LogP contribution in [0.2, 0.25) is 0 Å². The quantitative estimate of drug-likeness (QED) is 0.451. The van der Waals surface area contributed by atoms with Crippen molar-refractivity contribution in [1.29, 1.82) is 0 Å². The van der Waals surface area contributed by atoms with E-state index < -0.39 is 14.9 Å². The molecular weight excluding hydrogens is 430 g/mol. The standard InChI is InChI=1S/C22H31N5O4S/c1-18-5-4-6-19(15-18)17-25-11-13-26(14-12-25)21-8-7-20(16-22(21)27(28)29)32(30,31)23-9-10-24(2)3/h4-8,15-16,23H,9-14,17H2,1-3H3. The summed E-state index contributed by atoms with van der Waals surface area (Å²) in [4.78, 5) is 17.3. The maximum Gasteiger partial charge on any atom is 0.293 e.